The van der Waals surface area contributed by atoms with Crippen LogP contribution in [0.4, 0.5) is 4.79 Å². The van der Waals surface area contributed by atoms with Gasteiger partial charge >= 0.3 is 12.0 Å². The first-order chi connectivity index (χ1) is 12.9. The summed E-state index contributed by atoms with van der Waals surface area (Å²) in [4.78, 5) is 23.3. The Balaban J connectivity index is 1.40. The molecule has 2 aliphatic carbocycles. The number of urea groups is 1. The molecule has 0 radical (unpaired) electrons. The number of rotatable bonds is 6. The number of hydrogen-bond acceptors (Lipinski definition) is 3. The molecule has 2 aliphatic rings. The summed E-state index contributed by atoms with van der Waals surface area (Å²) in [5.74, 6) is -0.991. The van der Waals surface area contributed by atoms with Crippen LogP contribution in [0.25, 0.3) is 0 Å². The monoisotopic (exact) mass is 374 g/mol. The van der Waals surface area contributed by atoms with Crippen molar-refractivity contribution in [3.8, 4) is 0 Å². The van der Waals surface area contributed by atoms with Crippen molar-refractivity contribution in [3.63, 3.8) is 0 Å². The maximum atomic E-state index is 12.3. The fourth-order valence-electron chi connectivity index (χ4n) is 4.05. The van der Waals surface area contributed by atoms with E-state index in [2.05, 4.69) is 24.5 Å². The average Bonchev–Trinajstić information content (AvgIpc) is 2.65. The van der Waals surface area contributed by atoms with Crippen LogP contribution >= 0.6 is 0 Å². The number of carboxylic acid groups (broad SMARTS) is 1. The van der Waals surface area contributed by atoms with Gasteiger partial charge < -0.3 is 20.5 Å². The van der Waals surface area contributed by atoms with Gasteiger partial charge in [-0.05, 0) is 37.7 Å². The van der Waals surface area contributed by atoms with Crippen LogP contribution in [0, 0.1) is 11.3 Å². The van der Waals surface area contributed by atoms with Crippen molar-refractivity contribution in [1.82, 2.24) is 10.6 Å². The molecular formula is C21H30N2O4. The molecule has 2 saturated carbocycles. The minimum Gasteiger partial charge on any atom is -0.481 e. The van der Waals surface area contributed by atoms with E-state index < -0.39 is 5.97 Å². The first-order valence-corrected chi connectivity index (χ1v) is 9.81. The number of amides is 2. The summed E-state index contributed by atoms with van der Waals surface area (Å²) < 4.78 is 6.05. The van der Waals surface area contributed by atoms with Gasteiger partial charge in [0.1, 0.15) is 0 Å². The normalized spacial score (nSPS) is 29.4. The number of carboxylic acids is 1. The van der Waals surface area contributed by atoms with Crippen molar-refractivity contribution in [2.45, 2.75) is 70.7 Å². The van der Waals surface area contributed by atoms with E-state index in [1.165, 1.54) is 0 Å². The Labute approximate surface area is 160 Å². The molecule has 6 heteroatoms. The Morgan fingerprint density at radius 1 is 1.11 bits per heavy atom. The van der Waals surface area contributed by atoms with Crippen molar-refractivity contribution >= 4 is 12.0 Å². The molecule has 0 aliphatic heterocycles. The molecule has 0 spiro atoms. The number of hydrogen-bond donors (Lipinski definition) is 3. The molecule has 2 amide bonds. The fourth-order valence-corrected chi connectivity index (χ4v) is 4.05. The molecule has 2 fully saturated rings. The highest BCUT2D eigenvalue weighted by Gasteiger charge is 2.49. The van der Waals surface area contributed by atoms with Crippen LogP contribution in [0.2, 0.25) is 0 Å². The smallest absolute Gasteiger partial charge is 0.315 e. The van der Waals surface area contributed by atoms with Crippen LogP contribution in [-0.4, -0.2) is 35.3 Å². The van der Waals surface area contributed by atoms with Crippen LogP contribution < -0.4 is 10.6 Å². The van der Waals surface area contributed by atoms with Gasteiger partial charge in [-0.15, -0.1) is 0 Å². The SMILES string of the molecule is CC1(C)C(NC(=O)NC2CCC(C(=O)O)CC2)CC1OCc1ccccc1. The summed E-state index contributed by atoms with van der Waals surface area (Å²) in [6.07, 6.45) is 3.63. The second kappa shape index (κ2) is 8.30. The second-order valence-corrected chi connectivity index (χ2v) is 8.40. The molecule has 1 aromatic rings. The topological polar surface area (TPSA) is 87.7 Å². The summed E-state index contributed by atoms with van der Waals surface area (Å²) in [6.45, 7) is 4.82. The molecule has 3 rings (SSSR count). The van der Waals surface area contributed by atoms with E-state index >= 15 is 0 Å². The number of carbonyl (C=O) groups is 2. The van der Waals surface area contributed by atoms with E-state index in [0.29, 0.717) is 19.4 Å². The standard InChI is InChI=1S/C21H30N2O4/c1-21(2)17(12-18(21)27-13-14-6-4-3-5-7-14)23-20(26)22-16-10-8-15(9-11-16)19(24)25/h3-7,15-18H,8-13H2,1-2H3,(H,24,25)(H2,22,23,26). The molecule has 27 heavy (non-hydrogen) atoms. The highest BCUT2D eigenvalue weighted by molar-refractivity contribution is 5.75. The largest absolute Gasteiger partial charge is 0.481 e. The minimum atomic E-state index is -0.726. The summed E-state index contributed by atoms with van der Waals surface area (Å²) >= 11 is 0. The highest BCUT2D eigenvalue weighted by Crippen LogP contribution is 2.43. The molecule has 3 N–H and O–H groups in total. The molecule has 148 valence electrons. The summed E-state index contributed by atoms with van der Waals surface area (Å²) in [7, 11) is 0. The third-order valence-electron chi connectivity index (χ3n) is 6.19. The molecule has 0 heterocycles. The van der Waals surface area contributed by atoms with Crippen molar-refractivity contribution in [3.05, 3.63) is 35.9 Å². The number of ether oxygens (including phenoxy) is 1. The van der Waals surface area contributed by atoms with Crippen LogP contribution in [0.15, 0.2) is 30.3 Å². The zero-order valence-corrected chi connectivity index (χ0v) is 16.1. The van der Waals surface area contributed by atoms with Gasteiger partial charge in [0, 0.05) is 17.5 Å². The second-order valence-electron chi connectivity index (χ2n) is 8.40. The van der Waals surface area contributed by atoms with Gasteiger partial charge in [-0.3, -0.25) is 4.79 Å². The first-order valence-electron chi connectivity index (χ1n) is 9.81. The molecule has 2 unspecified atom stereocenters. The van der Waals surface area contributed by atoms with Crippen molar-refractivity contribution in [1.29, 1.82) is 0 Å². The highest BCUT2D eigenvalue weighted by atomic mass is 16.5. The van der Waals surface area contributed by atoms with Crippen molar-refractivity contribution < 1.29 is 19.4 Å². The summed E-state index contributed by atoms with van der Waals surface area (Å²) in [5, 5.41) is 15.1. The lowest BCUT2D eigenvalue weighted by atomic mass is 9.64. The number of carbonyl (C=O) groups excluding carboxylic acids is 1. The van der Waals surface area contributed by atoms with E-state index in [1.807, 2.05) is 30.3 Å². The quantitative estimate of drug-likeness (QED) is 0.713. The maximum absolute atomic E-state index is 12.3. The number of benzene rings is 1. The summed E-state index contributed by atoms with van der Waals surface area (Å²) in [6, 6.07) is 10.1. The summed E-state index contributed by atoms with van der Waals surface area (Å²) in [5.41, 5.74) is 1.03. The molecule has 0 saturated heterocycles. The number of aliphatic carboxylic acids is 1. The predicted molar refractivity (Wildman–Crippen MR) is 102 cm³/mol. The Hall–Kier alpha value is -2.08. The molecule has 2 atom stereocenters. The lowest BCUT2D eigenvalue weighted by Crippen LogP contribution is -2.63. The fraction of sp³-hybridized carbons (Fsp3) is 0.619. The third kappa shape index (κ3) is 4.80. The van der Waals surface area contributed by atoms with E-state index in [-0.39, 0.29) is 35.6 Å². The van der Waals surface area contributed by atoms with E-state index in [1.54, 1.807) is 0 Å². The molecule has 0 bridgehead atoms. The van der Waals surface area contributed by atoms with Gasteiger partial charge in [0.2, 0.25) is 0 Å². The van der Waals surface area contributed by atoms with Gasteiger partial charge in [-0.2, -0.15) is 0 Å². The van der Waals surface area contributed by atoms with Crippen LogP contribution in [0.5, 0.6) is 0 Å². The Bertz CT molecular complexity index is 653. The molecule has 6 nitrogen and oxygen atoms in total. The van der Waals surface area contributed by atoms with Gasteiger partial charge in [-0.25, -0.2) is 4.79 Å². The Kier molecular flexibility index (Phi) is 6.05. The lowest BCUT2D eigenvalue weighted by Gasteiger charge is -2.51. The van der Waals surface area contributed by atoms with E-state index in [4.69, 9.17) is 9.84 Å². The van der Waals surface area contributed by atoms with E-state index in [0.717, 1.165) is 24.8 Å². The molecule has 0 aromatic heterocycles. The van der Waals surface area contributed by atoms with Gasteiger partial charge in [-0.1, -0.05) is 44.2 Å². The van der Waals surface area contributed by atoms with Crippen molar-refractivity contribution in [2.75, 3.05) is 0 Å². The average molecular weight is 374 g/mol. The van der Waals surface area contributed by atoms with Gasteiger partial charge in [0.15, 0.2) is 0 Å². The third-order valence-corrected chi connectivity index (χ3v) is 6.19. The first kappa shape index (κ1) is 19.7. The number of nitrogens with one attached hydrogen (secondary N) is 2. The van der Waals surface area contributed by atoms with Crippen molar-refractivity contribution in [2.24, 2.45) is 11.3 Å². The lowest BCUT2D eigenvalue weighted by molar-refractivity contribution is -0.142. The van der Waals surface area contributed by atoms with Crippen LogP contribution in [0.3, 0.4) is 0 Å². The molecular weight excluding hydrogens is 344 g/mol. The predicted octanol–water partition coefficient (Wildman–Crippen LogP) is 3.31. The van der Waals surface area contributed by atoms with Gasteiger partial charge in [0.25, 0.3) is 0 Å². The molecule has 1 aromatic carbocycles. The van der Waals surface area contributed by atoms with E-state index in [9.17, 15) is 9.59 Å². The Morgan fingerprint density at radius 3 is 2.37 bits per heavy atom. The Morgan fingerprint density at radius 2 is 1.78 bits per heavy atom. The van der Waals surface area contributed by atoms with Crippen LogP contribution in [-0.2, 0) is 16.1 Å². The van der Waals surface area contributed by atoms with Gasteiger partial charge in [0.05, 0.1) is 18.6 Å². The zero-order chi connectivity index (χ0) is 19.4. The zero-order valence-electron chi connectivity index (χ0n) is 16.1. The minimum absolute atomic E-state index is 0.0638. The van der Waals surface area contributed by atoms with Crippen LogP contribution in [0.1, 0.15) is 51.5 Å². The maximum Gasteiger partial charge on any atom is 0.315 e.